The molecule has 1 amide bonds. The van der Waals surface area contributed by atoms with Crippen molar-refractivity contribution in [1.29, 1.82) is 5.26 Å². The number of ether oxygens (including phenoxy) is 2. The first kappa shape index (κ1) is 16.8. The molecule has 0 bridgehead atoms. The van der Waals surface area contributed by atoms with Crippen LogP contribution in [0.5, 0.6) is 11.5 Å². The molecule has 0 radical (unpaired) electrons. The van der Waals surface area contributed by atoms with E-state index in [2.05, 4.69) is 6.07 Å². The van der Waals surface area contributed by atoms with Crippen molar-refractivity contribution in [2.24, 2.45) is 0 Å². The maximum Gasteiger partial charge on any atom is 0.263 e. The lowest BCUT2D eigenvalue weighted by atomic mass is 10.1. The molecule has 2 aromatic rings. The molecule has 1 fully saturated rings. The normalized spacial score (nSPS) is 17.0. The molecule has 1 atom stereocenters. The van der Waals surface area contributed by atoms with E-state index in [0.29, 0.717) is 30.0 Å². The van der Waals surface area contributed by atoms with Crippen molar-refractivity contribution in [1.82, 2.24) is 4.90 Å². The summed E-state index contributed by atoms with van der Waals surface area (Å²) in [6, 6.07) is 17.0. The third-order valence-electron chi connectivity index (χ3n) is 4.26. The minimum absolute atomic E-state index is 0.0125. The van der Waals surface area contributed by atoms with E-state index in [1.54, 1.807) is 18.2 Å². The van der Waals surface area contributed by atoms with E-state index in [0.717, 1.165) is 18.5 Å². The number of methoxy groups -OCH3 is 1. The van der Waals surface area contributed by atoms with Crippen LogP contribution in [0, 0.1) is 11.3 Å². The van der Waals surface area contributed by atoms with E-state index in [9.17, 15) is 4.79 Å². The Hall–Kier alpha value is -3.00. The molecule has 128 valence electrons. The molecule has 1 heterocycles. The highest BCUT2D eigenvalue weighted by atomic mass is 16.5. The zero-order valence-electron chi connectivity index (χ0n) is 14.1. The molecular formula is C20H20N2O3. The number of hydrogen-bond donors (Lipinski definition) is 0. The molecule has 1 aliphatic heterocycles. The summed E-state index contributed by atoms with van der Waals surface area (Å²) < 4.78 is 11.2. The topological polar surface area (TPSA) is 62.6 Å². The fourth-order valence-corrected chi connectivity index (χ4v) is 2.96. The van der Waals surface area contributed by atoms with Crippen LogP contribution in [0.3, 0.4) is 0 Å². The van der Waals surface area contributed by atoms with Gasteiger partial charge in [0, 0.05) is 19.2 Å². The summed E-state index contributed by atoms with van der Waals surface area (Å²) in [7, 11) is 1.52. The average Bonchev–Trinajstić information content (AvgIpc) is 2.66. The van der Waals surface area contributed by atoms with E-state index in [-0.39, 0.29) is 5.91 Å². The highest BCUT2D eigenvalue weighted by Gasteiger charge is 2.31. The molecule has 0 N–H and O–H groups in total. The predicted molar refractivity (Wildman–Crippen MR) is 93.2 cm³/mol. The lowest BCUT2D eigenvalue weighted by molar-refractivity contribution is -0.142. The standard InChI is InChI=1S/C20H20N2O3/c1-24-19-12-16(13-21)9-10-17(19)25-18-8-5-11-22(20(18)23)14-15-6-3-2-4-7-15/h2-4,6-7,9-10,12,18H,5,8,11,14H2,1H3/t18-/m1/s1. The molecule has 1 saturated heterocycles. The van der Waals surface area contributed by atoms with Crippen molar-refractivity contribution in [3.05, 3.63) is 59.7 Å². The second kappa shape index (κ2) is 7.71. The van der Waals surface area contributed by atoms with Crippen LogP contribution < -0.4 is 9.47 Å². The van der Waals surface area contributed by atoms with Crippen LogP contribution >= 0.6 is 0 Å². The van der Waals surface area contributed by atoms with E-state index in [1.807, 2.05) is 35.2 Å². The van der Waals surface area contributed by atoms with Gasteiger partial charge in [0.25, 0.3) is 5.91 Å². The van der Waals surface area contributed by atoms with Crippen molar-refractivity contribution < 1.29 is 14.3 Å². The minimum atomic E-state index is -0.528. The molecule has 0 spiro atoms. The molecule has 0 unspecified atom stereocenters. The van der Waals surface area contributed by atoms with Crippen LogP contribution in [0.15, 0.2) is 48.5 Å². The van der Waals surface area contributed by atoms with Gasteiger partial charge < -0.3 is 14.4 Å². The van der Waals surface area contributed by atoms with Gasteiger partial charge in [-0.05, 0) is 30.5 Å². The van der Waals surface area contributed by atoms with Crippen LogP contribution in [0.25, 0.3) is 0 Å². The summed E-state index contributed by atoms with van der Waals surface area (Å²) >= 11 is 0. The van der Waals surface area contributed by atoms with Gasteiger partial charge in [-0.15, -0.1) is 0 Å². The monoisotopic (exact) mass is 336 g/mol. The van der Waals surface area contributed by atoms with Gasteiger partial charge in [0.05, 0.1) is 18.7 Å². The summed E-state index contributed by atoms with van der Waals surface area (Å²) in [4.78, 5) is 14.6. The number of nitrogens with zero attached hydrogens (tertiary/aromatic N) is 2. The number of nitriles is 1. The largest absolute Gasteiger partial charge is 0.493 e. The van der Waals surface area contributed by atoms with E-state index in [1.165, 1.54) is 7.11 Å². The Balaban J connectivity index is 1.72. The maximum absolute atomic E-state index is 12.8. The highest BCUT2D eigenvalue weighted by molar-refractivity contribution is 5.82. The van der Waals surface area contributed by atoms with Crippen molar-refractivity contribution in [2.75, 3.05) is 13.7 Å². The van der Waals surface area contributed by atoms with Crippen molar-refractivity contribution >= 4 is 5.91 Å². The molecule has 5 nitrogen and oxygen atoms in total. The predicted octanol–water partition coefficient (Wildman–Crippen LogP) is 3.14. The van der Waals surface area contributed by atoms with Crippen molar-refractivity contribution in [3.8, 4) is 17.6 Å². The first-order chi connectivity index (χ1) is 12.2. The number of carbonyl (C=O) groups is 1. The summed E-state index contributed by atoms with van der Waals surface area (Å²) in [5, 5.41) is 8.98. The Morgan fingerprint density at radius 3 is 2.72 bits per heavy atom. The molecule has 2 aromatic carbocycles. The Kier molecular flexibility index (Phi) is 5.20. The fraction of sp³-hybridized carbons (Fsp3) is 0.300. The molecule has 5 heteroatoms. The fourth-order valence-electron chi connectivity index (χ4n) is 2.96. The molecule has 0 saturated carbocycles. The second-order valence-corrected chi connectivity index (χ2v) is 5.97. The first-order valence-electron chi connectivity index (χ1n) is 8.29. The van der Waals surface area contributed by atoms with Gasteiger partial charge in [0.1, 0.15) is 0 Å². The lowest BCUT2D eigenvalue weighted by Crippen LogP contribution is -2.46. The SMILES string of the molecule is COc1cc(C#N)ccc1O[C@@H]1CCCN(Cc2ccccc2)C1=O. The molecule has 0 aromatic heterocycles. The molecule has 1 aliphatic rings. The van der Waals surface area contributed by atoms with Crippen molar-refractivity contribution in [3.63, 3.8) is 0 Å². The van der Waals surface area contributed by atoms with E-state index in [4.69, 9.17) is 14.7 Å². The number of likely N-dealkylation sites (tertiary alicyclic amines) is 1. The van der Waals surface area contributed by atoms with Gasteiger partial charge in [-0.2, -0.15) is 5.26 Å². The maximum atomic E-state index is 12.8. The number of carbonyl (C=O) groups excluding carboxylic acids is 1. The van der Waals surface area contributed by atoms with Gasteiger partial charge in [-0.25, -0.2) is 0 Å². The van der Waals surface area contributed by atoms with Gasteiger partial charge in [0.2, 0.25) is 0 Å². The van der Waals surface area contributed by atoms with E-state index < -0.39 is 6.10 Å². The molecule has 0 aliphatic carbocycles. The highest BCUT2D eigenvalue weighted by Crippen LogP contribution is 2.30. The zero-order chi connectivity index (χ0) is 17.6. The Morgan fingerprint density at radius 1 is 1.20 bits per heavy atom. The molecule has 25 heavy (non-hydrogen) atoms. The van der Waals surface area contributed by atoms with Crippen LogP contribution in [-0.4, -0.2) is 30.6 Å². The van der Waals surface area contributed by atoms with Gasteiger partial charge >= 0.3 is 0 Å². The van der Waals surface area contributed by atoms with Gasteiger partial charge in [-0.3, -0.25) is 4.79 Å². The van der Waals surface area contributed by atoms with Gasteiger partial charge in [0.15, 0.2) is 17.6 Å². The van der Waals surface area contributed by atoms with Crippen molar-refractivity contribution in [2.45, 2.75) is 25.5 Å². The summed E-state index contributed by atoms with van der Waals surface area (Å²) in [6.45, 7) is 1.32. The lowest BCUT2D eigenvalue weighted by Gasteiger charge is -2.32. The van der Waals surface area contributed by atoms with Crippen LogP contribution in [0.2, 0.25) is 0 Å². The summed E-state index contributed by atoms with van der Waals surface area (Å²) in [6.07, 6.45) is 1.04. The number of hydrogen-bond acceptors (Lipinski definition) is 4. The minimum Gasteiger partial charge on any atom is -0.493 e. The van der Waals surface area contributed by atoms with Crippen LogP contribution in [-0.2, 0) is 11.3 Å². The smallest absolute Gasteiger partial charge is 0.263 e. The summed E-state index contributed by atoms with van der Waals surface area (Å²) in [5.41, 5.74) is 1.59. The van der Waals surface area contributed by atoms with Crippen LogP contribution in [0.1, 0.15) is 24.0 Å². The van der Waals surface area contributed by atoms with Gasteiger partial charge in [-0.1, -0.05) is 30.3 Å². The first-order valence-corrected chi connectivity index (χ1v) is 8.29. The quantitative estimate of drug-likeness (QED) is 0.841. The zero-order valence-corrected chi connectivity index (χ0v) is 14.1. The second-order valence-electron chi connectivity index (χ2n) is 5.97. The number of piperidine rings is 1. The molecule has 3 rings (SSSR count). The van der Waals surface area contributed by atoms with Crippen LogP contribution in [0.4, 0.5) is 0 Å². The Morgan fingerprint density at radius 2 is 2.00 bits per heavy atom. The number of rotatable bonds is 5. The third kappa shape index (κ3) is 3.92. The Bertz CT molecular complexity index is 783. The molecular weight excluding hydrogens is 316 g/mol. The van der Waals surface area contributed by atoms with E-state index >= 15 is 0 Å². The summed E-state index contributed by atoms with van der Waals surface area (Å²) in [5.74, 6) is 0.940. The number of benzene rings is 2. The Labute approximate surface area is 147 Å². The number of amides is 1. The average molecular weight is 336 g/mol. The third-order valence-corrected chi connectivity index (χ3v) is 4.26.